The zero-order valence-electron chi connectivity index (χ0n) is 25.0. The number of ether oxygens (including phenoxy) is 1. The highest BCUT2D eigenvalue weighted by molar-refractivity contribution is 6.34. The molecule has 0 aliphatic carbocycles. The summed E-state index contributed by atoms with van der Waals surface area (Å²) in [5.74, 6) is -1.58. The molecule has 0 aliphatic rings. The van der Waals surface area contributed by atoms with Crippen molar-refractivity contribution in [2.75, 3.05) is 10.6 Å². The number of nitrogens with zero attached hydrogens (tertiary/aromatic N) is 2. The first kappa shape index (κ1) is 31.2. The molecule has 0 saturated heterocycles. The first-order valence-corrected chi connectivity index (χ1v) is 14.9. The van der Waals surface area contributed by atoms with Gasteiger partial charge in [0.25, 0.3) is 5.91 Å². The fourth-order valence-electron chi connectivity index (χ4n) is 5.07. The van der Waals surface area contributed by atoms with Gasteiger partial charge in [-0.25, -0.2) is 13.8 Å². The lowest BCUT2D eigenvalue weighted by Gasteiger charge is -2.21. The van der Waals surface area contributed by atoms with Gasteiger partial charge in [0, 0.05) is 49.0 Å². The summed E-state index contributed by atoms with van der Waals surface area (Å²) >= 11 is 6.71. The van der Waals surface area contributed by atoms with Crippen molar-refractivity contribution in [3.8, 4) is 22.6 Å². The van der Waals surface area contributed by atoms with Gasteiger partial charge in [0.15, 0.2) is 17.3 Å². The summed E-state index contributed by atoms with van der Waals surface area (Å²) in [6.07, 6.45) is 4.42. The number of carbonyl (C=O) groups excluding carboxylic acids is 1. The number of hydrogen-bond acceptors (Lipinski definition) is 5. The van der Waals surface area contributed by atoms with Crippen LogP contribution in [0.2, 0.25) is 5.02 Å². The normalized spacial score (nSPS) is 10.9. The predicted molar refractivity (Wildman–Crippen MR) is 179 cm³/mol. The highest BCUT2D eigenvalue weighted by Crippen LogP contribution is 2.37. The standard InChI is InChI=1S/C37H27ClF2N4O3/c1-44-21-28(23-12-14-26(39)15-13-23)35(45)29(22-44)37(46)42-27-16-17-31(30(40)20-27)47-32-18-19-41-36(33(32)38)43-34(24-8-4-2-5-9-24)25-10-6-3-7-11-25/h2-22,34H,1H3,(H,41,43)(H,42,46). The number of rotatable bonds is 9. The number of carbonyl (C=O) groups is 1. The van der Waals surface area contributed by atoms with Crippen molar-refractivity contribution < 1.29 is 18.3 Å². The number of anilines is 2. The van der Waals surface area contributed by atoms with Gasteiger partial charge in [0.1, 0.15) is 22.2 Å². The van der Waals surface area contributed by atoms with E-state index in [-0.39, 0.29) is 39.4 Å². The van der Waals surface area contributed by atoms with Gasteiger partial charge in [-0.2, -0.15) is 0 Å². The Morgan fingerprint density at radius 3 is 2.15 bits per heavy atom. The Morgan fingerprint density at radius 1 is 0.851 bits per heavy atom. The van der Waals surface area contributed by atoms with Crippen LogP contribution >= 0.6 is 11.6 Å². The summed E-state index contributed by atoms with van der Waals surface area (Å²) in [4.78, 5) is 30.7. The predicted octanol–water partition coefficient (Wildman–Crippen LogP) is 8.63. The van der Waals surface area contributed by atoms with Gasteiger partial charge in [-0.05, 0) is 41.0 Å². The summed E-state index contributed by atoms with van der Waals surface area (Å²) in [5, 5.41) is 6.10. The minimum atomic E-state index is -0.774. The average Bonchev–Trinajstić information content (AvgIpc) is 3.08. The highest BCUT2D eigenvalue weighted by Gasteiger charge is 2.20. The first-order chi connectivity index (χ1) is 22.8. The summed E-state index contributed by atoms with van der Waals surface area (Å²) in [6.45, 7) is 0. The minimum Gasteiger partial charge on any atom is -0.453 e. The second-order valence-corrected chi connectivity index (χ2v) is 11.0. The fraction of sp³-hybridized carbons (Fsp3) is 0.0541. The summed E-state index contributed by atoms with van der Waals surface area (Å²) in [6, 6.07) is 30.1. The van der Waals surface area contributed by atoms with Crippen LogP contribution in [0, 0.1) is 11.6 Å². The lowest BCUT2D eigenvalue weighted by molar-refractivity contribution is 0.102. The van der Waals surface area contributed by atoms with E-state index in [0.717, 1.165) is 17.2 Å². The molecule has 7 nitrogen and oxygen atoms in total. The van der Waals surface area contributed by atoms with Crippen LogP contribution in [0.3, 0.4) is 0 Å². The van der Waals surface area contributed by atoms with Gasteiger partial charge in [-0.3, -0.25) is 9.59 Å². The Bertz CT molecular complexity index is 2070. The highest BCUT2D eigenvalue weighted by atomic mass is 35.5. The second kappa shape index (κ2) is 13.7. The number of benzene rings is 4. The number of nitrogens with one attached hydrogen (secondary N) is 2. The summed E-state index contributed by atoms with van der Waals surface area (Å²) in [7, 11) is 1.66. The molecule has 2 N–H and O–H groups in total. The molecule has 1 amide bonds. The first-order valence-electron chi connectivity index (χ1n) is 14.5. The van der Waals surface area contributed by atoms with E-state index in [1.165, 1.54) is 54.9 Å². The van der Waals surface area contributed by atoms with Crippen molar-refractivity contribution in [3.63, 3.8) is 0 Å². The molecule has 0 aliphatic heterocycles. The van der Waals surface area contributed by atoms with Crippen LogP contribution in [0.5, 0.6) is 11.5 Å². The van der Waals surface area contributed by atoms with Crippen molar-refractivity contribution in [3.05, 3.63) is 171 Å². The van der Waals surface area contributed by atoms with E-state index in [2.05, 4.69) is 15.6 Å². The number of pyridine rings is 2. The molecule has 10 heteroatoms. The molecule has 0 saturated carbocycles. The Hall–Kier alpha value is -5.80. The maximum Gasteiger partial charge on any atom is 0.261 e. The third-order valence-electron chi connectivity index (χ3n) is 7.36. The Balaban J connectivity index is 1.21. The molecule has 0 atom stereocenters. The van der Waals surface area contributed by atoms with Crippen LogP contribution in [-0.4, -0.2) is 15.5 Å². The van der Waals surface area contributed by atoms with E-state index in [0.29, 0.717) is 11.4 Å². The van der Waals surface area contributed by atoms with Crippen LogP contribution < -0.4 is 20.8 Å². The molecule has 0 unspecified atom stereocenters. The largest absolute Gasteiger partial charge is 0.453 e. The number of aromatic nitrogens is 2. The quantitative estimate of drug-likeness (QED) is 0.164. The molecule has 6 rings (SSSR count). The van der Waals surface area contributed by atoms with Crippen molar-refractivity contribution in [2.24, 2.45) is 7.05 Å². The monoisotopic (exact) mass is 648 g/mol. The van der Waals surface area contributed by atoms with E-state index in [9.17, 15) is 14.0 Å². The fourth-order valence-corrected chi connectivity index (χ4v) is 5.28. The van der Waals surface area contributed by atoms with E-state index >= 15 is 4.39 Å². The van der Waals surface area contributed by atoms with Crippen molar-refractivity contribution in [1.82, 2.24) is 9.55 Å². The third kappa shape index (κ3) is 7.05. The number of aryl methyl sites for hydroxylation is 1. The topological polar surface area (TPSA) is 85.2 Å². The SMILES string of the molecule is Cn1cc(C(=O)Nc2ccc(Oc3ccnc(NC(c4ccccc4)c4ccccc4)c3Cl)c(F)c2)c(=O)c(-c2ccc(F)cc2)c1. The number of hydrogen-bond donors (Lipinski definition) is 2. The van der Waals surface area contributed by atoms with Crippen LogP contribution in [0.15, 0.2) is 133 Å². The molecule has 0 spiro atoms. The molecule has 234 valence electrons. The van der Waals surface area contributed by atoms with Gasteiger partial charge in [0.2, 0.25) is 5.43 Å². The van der Waals surface area contributed by atoms with Crippen molar-refractivity contribution in [1.29, 1.82) is 0 Å². The molecular formula is C37H27ClF2N4O3. The smallest absolute Gasteiger partial charge is 0.261 e. The van der Waals surface area contributed by atoms with Gasteiger partial charge >= 0.3 is 0 Å². The van der Waals surface area contributed by atoms with E-state index in [1.54, 1.807) is 17.8 Å². The molecule has 47 heavy (non-hydrogen) atoms. The zero-order chi connectivity index (χ0) is 32.9. The molecule has 2 heterocycles. The Kier molecular flexibility index (Phi) is 9.08. The van der Waals surface area contributed by atoms with Crippen LogP contribution in [0.1, 0.15) is 27.5 Å². The van der Waals surface area contributed by atoms with Crippen molar-refractivity contribution >= 4 is 29.0 Å². The van der Waals surface area contributed by atoms with Crippen LogP contribution in [0.25, 0.3) is 11.1 Å². The van der Waals surface area contributed by atoms with Gasteiger partial charge in [-0.1, -0.05) is 84.4 Å². The maximum absolute atomic E-state index is 15.3. The minimum absolute atomic E-state index is 0.103. The summed E-state index contributed by atoms with van der Waals surface area (Å²) in [5.41, 5.74) is 2.05. The summed E-state index contributed by atoms with van der Waals surface area (Å²) < 4.78 is 36.1. The van der Waals surface area contributed by atoms with E-state index in [4.69, 9.17) is 16.3 Å². The second-order valence-electron chi connectivity index (χ2n) is 10.7. The van der Waals surface area contributed by atoms with Gasteiger partial charge in [-0.15, -0.1) is 0 Å². The molecule has 4 aromatic carbocycles. The Labute approximate surface area is 274 Å². The van der Waals surface area contributed by atoms with E-state index in [1.807, 2.05) is 60.7 Å². The lowest BCUT2D eigenvalue weighted by atomic mass is 9.99. The molecule has 0 radical (unpaired) electrons. The van der Waals surface area contributed by atoms with Gasteiger partial charge < -0.3 is 19.9 Å². The zero-order valence-corrected chi connectivity index (χ0v) is 25.7. The van der Waals surface area contributed by atoms with Crippen LogP contribution in [0.4, 0.5) is 20.3 Å². The molecule has 2 aromatic heterocycles. The molecular weight excluding hydrogens is 622 g/mol. The number of halogens is 3. The third-order valence-corrected chi connectivity index (χ3v) is 7.73. The number of amides is 1. The van der Waals surface area contributed by atoms with E-state index < -0.39 is 23.0 Å². The average molecular weight is 649 g/mol. The van der Waals surface area contributed by atoms with Crippen molar-refractivity contribution in [2.45, 2.75) is 6.04 Å². The molecule has 6 aromatic rings. The van der Waals surface area contributed by atoms with Crippen LogP contribution in [-0.2, 0) is 7.05 Å². The van der Waals surface area contributed by atoms with Gasteiger partial charge in [0.05, 0.1) is 6.04 Å². The molecule has 0 fully saturated rings. The lowest BCUT2D eigenvalue weighted by Crippen LogP contribution is -2.24. The Morgan fingerprint density at radius 2 is 1.51 bits per heavy atom. The molecule has 0 bridgehead atoms. The maximum atomic E-state index is 15.3.